The van der Waals surface area contributed by atoms with Gasteiger partial charge in [-0.3, -0.25) is 4.68 Å². The van der Waals surface area contributed by atoms with Crippen molar-refractivity contribution in [2.75, 3.05) is 18.0 Å². The number of β-amino-alcohol motifs (C(OH)–C–C–N with tert-alkyl or cyclic N) is 2. The van der Waals surface area contributed by atoms with Crippen LogP contribution >= 0.6 is 0 Å². The summed E-state index contributed by atoms with van der Waals surface area (Å²) in [4.78, 5) is 9.77. The Bertz CT molecular complexity index is 1240. The highest BCUT2D eigenvalue weighted by Gasteiger charge is 2.32. The Morgan fingerprint density at radius 3 is 2.53 bits per heavy atom. The van der Waals surface area contributed by atoms with Crippen LogP contribution in [0.25, 0.3) is 22.9 Å². The third-order valence-electron chi connectivity index (χ3n) is 5.27. The van der Waals surface area contributed by atoms with Crippen molar-refractivity contribution in [3.8, 4) is 22.9 Å². The third-order valence-corrected chi connectivity index (χ3v) is 5.27. The molecule has 164 valence electrons. The van der Waals surface area contributed by atoms with E-state index in [9.17, 15) is 19.0 Å². The molecule has 1 aliphatic rings. The predicted octanol–water partition coefficient (Wildman–Crippen LogP) is 1.86. The molecule has 0 aliphatic carbocycles. The van der Waals surface area contributed by atoms with Crippen LogP contribution < -0.4 is 4.90 Å². The number of anilines is 1. The lowest BCUT2D eigenvalue weighted by Gasteiger charge is -2.17. The summed E-state index contributed by atoms with van der Waals surface area (Å²) in [6.07, 6.45) is 0.435. The minimum Gasteiger partial charge on any atom is -0.389 e. The third kappa shape index (κ3) is 3.72. The fourth-order valence-electron chi connectivity index (χ4n) is 3.63. The number of hydrogen-bond acceptors (Lipinski definition) is 8. The van der Waals surface area contributed by atoms with Gasteiger partial charge in [0.05, 0.1) is 30.6 Å². The van der Waals surface area contributed by atoms with Gasteiger partial charge in [-0.15, -0.1) is 0 Å². The van der Waals surface area contributed by atoms with Crippen LogP contribution in [0.2, 0.25) is 0 Å². The highest BCUT2D eigenvalue weighted by molar-refractivity contribution is 5.63. The highest BCUT2D eigenvalue weighted by Crippen LogP contribution is 2.28. The van der Waals surface area contributed by atoms with Crippen molar-refractivity contribution >= 4 is 5.82 Å². The maximum atomic E-state index is 14.4. The molecule has 0 unspecified atom stereocenters. The predicted molar refractivity (Wildman–Crippen MR) is 108 cm³/mol. The quantitative estimate of drug-likeness (QED) is 0.484. The van der Waals surface area contributed by atoms with E-state index in [0.717, 1.165) is 6.20 Å². The van der Waals surface area contributed by atoms with Gasteiger partial charge < -0.3 is 19.6 Å². The maximum absolute atomic E-state index is 14.4. The van der Waals surface area contributed by atoms with Crippen molar-refractivity contribution in [3.63, 3.8) is 0 Å². The van der Waals surface area contributed by atoms with Crippen LogP contribution in [0.5, 0.6) is 0 Å². The van der Waals surface area contributed by atoms with Gasteiger partial charge in [0.2, 0.25) is 0 Å². The molecular weight excluding hydrogens is 422 g/mol. The van der Waals surface area contributed by atoms with Gasteiger partial charge >= 0.3 is 0 Å². The fourth-order valence-corrected chi connectivity index (χ4v) is 3.63. The molecule has 0 saturated carbocycles. The molecule has 3 aromatic heterocycles. The van der Waals surface area contributed by atoms with E-state index in [1.165, 1.54) is 17.2 Å². The lowest BCUT2D eigenvalue weighted by atomic mass is 10.2. The second kappa shape index (κ2) is 8.09. The Hall–Kier alpha value is -3.70. The first kappa shape index (κ1) is 20.2. The van der Waals surface area contributed by atoms with E-state index in [1.807, 2.05) is 0 Å². The lowest BCUT2D eigenvalue weighted by molar-refractivity contribution is 0.0572. The molecular formula is C21H18F2N6O3. The van der Waals surface area contributed by atoms with Gasteiger partial charge in [-0.1, -0.05) is 23.4 Å². The Kier molecular flexibility index (Phi) is 5.11. The number of rotatable bonds is 5. The Balaban J connectivity index is 1.54. The van der Waals surface area contributed by atoms with E-state index in [4.69, 9.17) is 4.52 Å². The van der Waals surface area contributed by atoms with Gasteiger partial charge in [-0.25, -0.2) is 18.7 Å². The first-order valence-electron chi connectivity index (χ1n) is 9.85. The molecule has 2 N–H and O–H groups in total. The molecule has 9 nitrogen and oxygen atoms in total. The minimum absolute atomic E-state index is 0.0421. The molecule has 4 aromatic rings. The minimum atomic E-state index is -0.994. The van der Waals surface area contributed by atoms with Crippen LogP contribution in [-0.2, 0) is 6.54 Å². The van der Waals surface area contributed by atoms with Crippen molar-refractivity contribution in [1.82, 2.24) is 24.9 Å². The first-order chi connectivity index (χ1) is 15.5. The van der Waals surface area contributed by atoms with E-state index in [0.29, 0.717) is 22.6 Å². The number of halogens is 2. The number of nitrogens with zero attached hydrogens (tertiary/aromatic N) is 6. The highest BCUT2D eigenvalue weighted by atomic mass is 19.1. The fraction of sp³-hybridized carbons (Fsp3) is 0.238. The van der Waals surface area contributed by atoms with Crippen molar-refractivity contribution in [2.45, 2.75) is 18.8 Å². The van der Waals surface area contributed by atoms with Crippen molar-refractivity contribution < 1.29 is 23.5 Å². The molecule has 4 heterocycles. The molecule has 5 rings (SSSR count). The number of aromatic nitrogens is 5. The summed E-state index contributed by atoms with van der Waals surface area (Å²) in [7, 11) is 0. The van der Waals surface area contributed by atoms with Crippen LogP contribution in [0.3, 0.4) is 0 Å². The topological polar surface area (TPSA) is 113 Å². The molecule has 0 bridgehead atoms. The lowest BCUT2D eigenvalue weighted by Crippen LogP contribution is -2.24. The average molecular weight is 440 g/mol. The zero-order chi connectivity index (χ0) is 22.2. The van der Waals surface area contributed by atoms with Crippen LogP contribution in [-0.4, -0.2) is 60.4 Å². The largest absolute Gasteiger partial charge is 0.389 e. The van der Waals surface area contributed by atoms with Crippen LogP contribution in [0.4, 0.5) is 14.6 Å². The Morgan fingerprint density at radius 1 is 1.03 bits per heavy atom. The summed E-state index contributed by atoms with van der Waals surface area (Å²) in [6, 6.07) is 9.65. The van der Waals surface area contributed by atoms with Gasteiger partial charge in [0.25, 0.3) is 0 Å². The number of aliphatic hydroxyl groups is 2. The summed E-state index contributed by atoms with van der Waals surface area (Å²) in [5.74, 6) is -0.966. The van der Waals surface area contributed by atoms with Crippen molar-refractivity contribution in [3.05, 3.63) is 66.1 Å². The summed E-state index contributed by atoms with van der Waals surface area (Å²) < 4.78 is 35.1. The molecule has 1 aliphatic heterocycles. The first-order valence-corrected chi connectivity index (χ1v) is 9.85. The van der Waals surface area contributed by atoms with E-state index in [2.05, 4.69) is 20.2 Å². The van der Waals surface area contributed by atoms with Crippen LogP contribution in [0.15, 0.2) is 53.4 Å². The smallest absolute Gasteiger partial charge is 0.183 e. The summed E-state index contributed by atoms with van der Waals surface area (Å²) in [6.45, 7) is 0.203. The van der Waals surface area contributed by atoms with E-state index < -0.39 is 18.0 Å². The average Bonchev–Trinajstić information content (AvgIpc) is 3.51. The number of hydrogen-bond donors (Lipinski definition) is 2. The molecule has 11 heteroatoms. The SMILES string of the molecule is O[C@H]1CN(c2nc(-c3cc(-c4ccon4)n(Cc4ccccc4F)n3)ncc2F)C[C@@H]1O. The Morgan fingerprint density at radius 2 is 1.81 bits per heavy atom. The van der Waals surface area contributed by atoms with E-state index in [-0.39, 0.29) is 37.1 Å². The molecule has 0 spiro atoms. The summed E-state index contributed by atoms with van der Waals surface area (Å²) in [5.41, 5.74) is 1.76. The normalized spacial score (nSPS) is 18.4. The summed E-state index contributed by atoms with van der Waals surface area (Å²) in [5, 5.41) is 28.0. The molecule has 1 saturated heterocycles. The van der Waals surface area contributed by atoms with Crippen LogP contribution in [0, 0.1) is 11.6 Å². The second-order valence-electron chi connectivity index (χ2n) is 7.45. The monoisotopic (exact) mass is 440 g/mol. The van der Waals surface area contributed by atoms with Gasteiger partial charge in [-0.2, -0.15) is 5.10 Å². The number of aliphatic hydroxyl groups excluding tert-OH is 2. The van der Waals surface area contributed by atoms with Gasteiger partial charge in [-0.05, 0) is 12.1 Å². The maximum Gasteiger partial charge on any atom is 0.183 e. The molecule has 1 aromatic carbocycles. The zero-order valence-corrected chi connectivity index (χ0v) is 16.6. The van der Waals surface area contributed by atoms with Crippen molar-refractivity contribution in [1.29, 1.82) is 0 Å². The molecule has 32 heavy (non-hydrogen) atoms. The van der Waals surface area contributed by atoms with Gasteiger partial charge in [0, 0.05) is 24.7 Å². The molecule has 2 atom stereocenters. The standard InChI is InChI=1S/C21H18F2N6O3/c22-13-4-2-1-3-12(13)9-29-17(15-5-6-32-27-15)7-16(26-29)20-24-8-14(23)21(25-20)28-10-18(30)19(31)11-28/h1-8,18-19,30-31H,9-11H2/t18-,19-/m0/s1. The van der Waals surface area contributed by atoms with E-state index >= 15 is 0 Å². The molecule has 0 radical (unpaired) electrons. The number of benzene rings is 1. The van der Waals surface area contributed by atoms with Crippen LogP contribution in [0.1, 0.15) is 5.56 Å². The molecule has 0 amide bonds. The Labute approximate surface area is 180 Å². The van der Waals surface area contributed by atoms with Gasteiger partial charge in [0.1, 0.15) is 23.5 Å². The summed E-state index contributed by atoms with van der Waals surface area (Å²) >= 11 is 0. The van der Waals surface area contributed by atoms with Gasteiger partial charge in [0.15, 0.2) is 17.5 Å². The van der Waals surface area contributed by atoms with E-state index in [1.54, 1.807) is 35.0 Å². The zero-order valence-electron chi connectivity index (χ0n) is 16.6. The molecule has 1 fully saturated rings. The second-order valence-corrected chi connectivity index (χ2v) is 7.45. The van der Waals surface area contributed by atoms with Crippen molar-refractivity contribution in [2.24, 2.45) is 0 Å².